The SMILES string of the molecule is C/C=C(/F)C/N=C(\C)C(C(=O)NC1C=NCC(F)C1N1CCN(C(=O)CN(C)C)CC1)C(N)N. The van der Waals surface area contributed by atoms with Gasteiger partial charge in [-0.3, -0.25) is 24.5 Å². The van der Waals surface area contributed by atoms with Gasteiger partial charge in [0, 0.05) is 38.1 Å². The van der Waals surface area contributed by atoms with Crippen LogP contribution in [0.4, 0.5) is 8.78 Å². The van der Waals surface area contributed by atoms with E-state index in [0.717, 1.165) is 0 Å². The molecule has 0 aromatic rings. The van der Waals surface area contributed by atoms with Crippen molar-refractivity contribution < 1.29 is 18.4 Å². The fourth-order valence-electron chi connectivity index (χ4n) is 4.20. The van der Waals surface area contributed by atoms with E-state index in [1.165, 1.54) is 12.3 Å². The third-order valence-electron chi connectivity index (χ3n) is 6.04. The van der Waals surface area contributed by atoms with Crippen LogP contribution in [-0.2, 0) is 9.59 Å². The van der Waals surface area contributed by atoms with Gasteiger partial charge in [0.25, 0.3) is 0 Å². The lowest BCUT2D eigenvalue weighted by molar-refractivity contribution is -0.134. The largest absolute Gasteiger partial charge is 0.346 e. The topological polar surface area (TPSA) is 133 Å². The summed E-state index contributed by atoms with van der Waals surface area (Å²) in [6.45, 7) is 5.14. The number of carbonyl (C=O) groups excluding carboxylic acids is 2. The number of allylic oxidation sites excluding steroid dienone is 1. The van der Waals surface area contributed by atoms with E-state index in [2.05, 4.69) is 15.3 Å². The average molecular weight is 485 g/mol. The monoisotopic (exact) mass is 484 g/mol. The minimum atomic E-state index is -1.29. The predicted molar refractivity (Wildman–Crippen MR) is 129 cm³/mol. The van der Waals surface area contributed by atoms with Crippen LogP contribution < -0.4 is 16.8 Å². The van der Waals surface area contributed by atoms with Crippen LogP contribution in [0.1, 0.15) is 13.8 Å². The molecule has 0 aromatic carbocycles. The van der Waals surface area contributed by atoms with Crippen molar-refractivity contribution in [2.24, 2.45) is 27.4 Å². The second kappa shape index (κ2) is 13.0. The number of alkyl halides is 1. The molecule has 0 bridgehead atoms. The highest BCUT2D eigenvalue weighted by Crippen LogP contribution is 2.19. The van der Waals surface area contributed by atoms with Crippen molar-refractivity contribution in [3.05, 3.63) is 11.9 Å². The highest BCUT2D eigenvalue weighted by Gasteiger charge is 2.40. The van der Waals surface area contributed by atoms with Crippen molar-refractivity contribution in [2.45, 2.75) is 38.3 Å². The van der Waals surface area contributed by atoms with E-state index in [-0.39, 0.29) is 19.0 Å². The van der Waals surface area contributed by atoms with Crippen LogP contribution in [0.15, 0.2) is 21.9 Å². The number of nitrogens with one attached hydrogen (secondary N) is 1. The third-order valence-corrected chi connectivity index (χ3v) is 6.04. The molecule has 5 N–H and O–H groups in total. The number of halogens is 2. The van der Waals surface area contributed by atoms with E-state index >= 15 is 4.39 Å². The number of likely N-dealkylation sites (N-methyl/N-ethyl adjacent to an activating group) is 1. The highest BCUT2D eigenvalue weighted by atomic mass is 19.1. The Bertz CT molecular complexity index is 794. The molecule has 12 heteroatoms. The van der Waals surface area contributed by atoms with E-state index in [0.29, 0.717) is 38.4 Å². The van der Waals surface area contributed by atoms with Crippen LogP contribution in [0.3, 0.4) is 0 Å². The summed E-state index contributed by atoms with van der Waals surface area (Å²) in [7, 11) is 3.67. The zero-order chi connectivity index (χ0) is 25.4. The molecular weight excluding hydrogens is 446 g/mol. The quantitative estimate of drug-likeness (QED) is 0.289. The molecule has 1 saturated heterocycles. The number of piperazine rings is 1. The maximum Gasteiger partial charge on any atom is 0.236 e. The first-order chi connectivity index (χ1) is 16.0. The number of nitrogens with two attached hydrogens (primary N) is 2. The van der Waals surface area contributed by atoms with E-state index in [4.69, 9.17) is 11.5 Å². The Morgan fingerprint density at radius 3 is 2.50 bits per heavy atom. The average Bonchev–Trinajstić information content (AvgIpc) is 2.77. The fraction of sp³-hybridized carbons (Fsp3) is 0.727. The van der Waals surface area contributed by atoms with Gasteiger partial charge in [-0.15, -0.1) is 0 Å². The lowest BCUT2D eigenvalue weighted by Crippen LogP contribution is -2.64. The molecule has 2 aliphatic heterocycles. The Morgan fingerprint density at radius 2 is 1.94 bits per heavy atom. The molecule has 2 aliphatic rings. The van der Waals surface area contributed by atoms with Crippen LogP contribution in [0, 0.1) is 5.92 Å². The molecule has 0 radical (unpaired) electrons. The van der Waals surface area contributed by atoms with E-state index in [9.17, 15) is 14.0 Å². The van der Waals surface area contributed by atoms with Crippen molar-refractivity contribution >= 4 is 23.7 Å². The molecule has 34 heavy (non-hydrogen) atoms. The normalized spacial score (nSPS) is 25.7. The fourth-order valence-corrected chi connectivity index (χ4v) is 4.20. The summed E-state index contributed by atoms with van der Waals surface area (Å²) < 4.78 is 28.5. The second-order valence-corrected chi connectivity index (χ2v) is 8.96. The van der Waals surface area contributed by atoms with Crippen LogP contribution >= 0.6 is 0 Å². The van der Waals surface area contributed by atoms with Gasteiger partial charge in [-0.1, -0.05) is 6.08 Å². The number of hydrogen-bond donors (Lipinski definition) is 3. The molecule has 2 rings (SSSR count). The lowest BCUT2D eigenvalue weighted by atomic mass is 9.95. The predicted octanol–water partition coefficient (Wildman–Crippen LogP) is -0.838. The molecule has 2 heterocycles. The summed E-state index contributed by atoms with van der Waals surface area (Å²) >= 11 is 0. The number of nitrogens with zero attached hydrogens (tertiary/aromatic N) is 5. The van der Waals surface area contributed by atoms with E-state index in [1.807, 2.05) is 23.9 Å². The maximum atomic E-state index is 15.0. The first-order valence-electron chi connectivity index (χ1n) is 11.5. The van der Waals surface area contributed by atoms with Crippen molar-refractivity contribution in [3.8, 4) is 0 Å². The van der Waals surface area contributed by atoms with Crippen molar-refractivity contribution in [1.29, 1.82) is 0 Å². The molecule has 0 spiro atoms. The Kier molecular flexibility index (Phi) is 10.7. The van der Waals surface area contributed by atoms with Crippen molar-refractivity contribution in [2.75, 3.05) is 59.9 Å². The zero-order valence-corrected chi connectivity index (χ0v) is 20.5. The van der Waals surface area contributed by atoms with Gasteiger partial charge in [0.15, 0.2) is 0 Å². The molecule has 0 saturated carbocycles. The molecule has 0 aliphatic carbocycles. The zero-order valence-electron chi connectivity index (χ0n) is 20.5. The van der Waals surface area contributed by atoms with Crippen molar-refractivity contribution in [1.82, 2.24) is 20.0 Å². The minimum Gasteiger partial charge on any atom is -0.346 e. The molecule has 192 valence electrons. The number of amides is 2. The van der Waals surface area contributed by atoms with Crippen LogP contribution in [0.25, 0.3) is 0 Å². The smallest absolute Gasteiger partial charge is 0.236 e. The molecular formula is C22H38F2N8O2. The Hall–Kier alpha value is -2.28. The first kappa shape index (κ1) is 28.0. The number of aliphatic imine (C=N–C) groups is 2. The Labute approximate surface area is 200 Å². The first-order valence-corrected chi connectivity index (χ1v) is 11.5. The van der Waals surface area contributed by atoms with Gasteiger partial charge in [0.1, 0.15) is 17.9 Å². The maximum absolute atomic E-state index is 15.0. The molecule has 0 aromatic heterocycles. The van der Waals surface area contributed by atoms with Crippen LogP contribution in [-0.4, -0.2) is 123 Å². The summed E-state index contributed by atoms with van der Waals surface area (Å²) in [6.07, 6.45) is 0.464. The Morgan fingerprint density at radius 1 is 1.29 bits per heavy atom. The van der Waals surface area contributed by atoms with Gasteiger partial charge in [-0.25, -0.2) is 8.78 Å². The van der Waals surface area contributed by atoms with Gasteiger partial charge in [0.2, 0.25) is 11.8 Å². The van der Waals surface area contributed by atoms with Gasteiger partial charge < -0.3 is 26.6 Å². The number of carbonyl (C=O) groups is 2. The third kappa shape index (κ3) is 7.62. The lowest BCUT2D eigenvalue weighted by Gasteiger charge is -2.44. The van der Waals surface area contributed by atoms with Crippen LogP contribution in [0.5, 0.6) is 0 Å². The number of rotatable bonds is 9. The minimum absolute atomic E-state index is 0.000240. The summed E-state index contributed by atoms with van der Waals surface area (Å²) in [6, 6.07) is -1.35. The number of hydrogen-bond acceptors (Lipinski definition) is 8. The summed E-state index contributed by atoms with van der Waals surface area (Å²) in [5, 5.41) is 2.81. The van der Waals surface area contributed by atoms with Crippen molar-refractivity contribution in [3.63, 3.8) is 0 Å². The second-order valence-electron chi connectivity index (χ2n) is 8.96. The van der Waals surface area contributed by atoms with Gasteiger partial charge in [-0.05, 0) is 27.9 Å². The van der Waals surface area contributed by atoms with Gasteiger partial charge in [-0.2, -0.15) is 0 Å². The van der Waals surface area contributed by atoms with Gasteiger partial charge >= 0.3 is 0 Å². The summed E-state index contributed by atoms with van der Waals surface area (Å²) in [4.78, 5) is 39.1. The Balaban J connectivity index is 2.09. The summed E-state index contributed by atoms with van der Waals surface area (Å²) in [5.41, 5.74) is 12.0. The molecule has 4 unspecified atom stereocenters. The molecule has 1 fully saturated rings. The van der Waals surface area contributed by atoms with Gasteiger partial charge in [0.05, 0.1) is 37.9 Å². The molecule has 10 nitrogen and oxygen atoms in total. The van der Waals surface area contributed by atoms with E-state index < -0.39 is 42.1 Å². The molecule has 2 amide bonds. The van der Waals surface area contributed by atoms with Crippen LogP contribution in [0.2, 0.25) is 0 Å². The van der Waals surface area contributed by atoms with E-state index in [1.54, 1.807) is 18.7 Å². The summed E-state index contributed by atoms with van der Waals surface area (Å²) in [5.74, 6) is -1.93. The standard InChI is InChI=1S/C22H38F2N8O2/c1-5-15(23)10-28-14(2)19(21(25)26)22(34)29-17-12-27-11-16(24)20(17)32-8-6-31(7-9-32)18(33)13-30(3)4/h5,12,16-17,19-21H,6-11,13,25-26H2,1-4H3,(H,29,34)/b15-5+,28-14+. The molecule has 4 atom stereocenters. The highest BCUT2D eigenvalue weighted by molar-refractivity contribution is 6.04.